The first-order chi connectivity index (χ1) is 16.8. The van der Waals surface area contributed by atoms with Crippen LogP contribution < -0.4 is 16.4 Å². The molecule has 0 saturated heterocycles. The van der Waals surface area contributed by atoms with E-state index in [2.05, 4.69) is 28.6 Å². The van der Waals surface area contributed by atoms with Crippen LogP contribution in [0.3, 0.4) is 0 Å². The summed E-state index contributed by atoms with van der Waals surface area (Å²) in [5.41, 5.74) is 9.17. The van der Waals surface area contributed by atoms with E-state index in [0.29, 0.717) is 18.0 Å². The van der Waals surface area contributed by atoms with Crippen molar-refractivity contribution in [2.24, 2.45) is 10.7 Å². The van der Waals surface area contributed by atoms with E-state index in [1.165, 1.54) is 12.1 Å². The van der Waals surface area contributed by atoms with Gasteiger partial charge in [-0.05, 0) is 49.5 Å². The minimum atomic E-state index is -4.44. The topological polar surface area (TPSA) is 62.4 Å². The van der Waals surface area contributed by atoms with Gasteiger partial charge in [0.15, 0.2) is 0 Å². The highest BCUT2D eigenvalue weighted by Gasteiger charge is 2.32. The van der Waals surface area contributed by atoms with Crippen LogP contribution in [-0.2, 0) is 12.7 Å². The van der Waals surface area contributed by atoms with Crippen LogP contribution in [0.1, 0.15) is 49.8 Å². The summed E-state index contributed by atoms with van der Waals surface area (Å²) in [4.78, 5) is 4.59. The maximum absolute atomic E-state index is 13.5. The zero-order valence-corrected chi connectivity index (χ0v) is 20.2. The van der Waals surface area contributed by atoms with Gasteiger partial charge in [-0.3, -0.25) is 4.99 Å². The van der Waals surface area contributed by atoms with Gasteiger partial charge >= 0.3 is 6.18 Å². The quantitative estimate of drug-likeness (QED) is 0.295. The van der Waals surface area contributed by atoms with E-state index in [0.717, 1.165) is 42.3 Å². The predicted molar refractivity (Wildman–Crippen MR) is 137 cm³/mol. The second-order valence-electron chi connectivity index (χ2n) is 8.51. The number of hydrogen-bond acceptors (Lipinski definition) is 3. The Kier molecular flexibility index (Phi) is 9.18. The Morgan fingerprint density at radius 3 is 2.51 bits per heavy atom. The Hall–Kier alpha value is -3.48. The third-order valence-corrected chi connectivity index (χ3v) is 5.63. The third-order valence-electron chi connectivity index (χ3n) is 5.63. The number of aliphatic imine (C=N–C) groups is 1. The Bertz CT molecular complexity index is 1100. The molecule has 0 heterocycles. The summed E-state index contributed by atoms with van der Waals surface area (Å²) in [6.45, 7) is 4.80. The van der Waals surface area contributed by atoms with Crippen LogP contribution in [-0.4, -0.2) is 18.4 Å². The van der Waals surface area contributed by atoms with Crippen molar-refractivity contribution in [3.8, 4) is 0 Å². The maximum atomic E-state index is 13.5. The smallest absolute Gasteiger partial charge is 0.401 e. The van der Waals surface area contributed by atoms with Gasteiger partial charge in [0.05, 0.1) is 12.1 Å². The van der Waals surface area contributed by atoms with Crippen LogP contribution in [0.2, 0.25) is 0 Å². The summed E-state index contributed by atoms with van der Waals surface area (Å²) in [6, 6.07) is 15.4. The molecule has 4 N–H and O–H groups in total. The molecule has 1 aliphatic rings. The van der Waals surface area contributed by atoms with Crippen LogP contribution >= 0.6 is 0 Å². The summed E-state index contributed by atoms with van der Waals surface area (Å²) in [5.74, 6) is 0.488. The average molecular weight is 483 g/mol. The van der Waals surface area contributed by atoms with Crippen molar-refractivity contribution in [1.82, 2.24) is 10.6 Å². The number of hydrogen-bond donors (Lipinski definition) is 3. The Morgan fingerprint density at radius 2 is 1.83 bits per heavy atom. The zero-order chi connectivity index (χ0) is 25.3. The van der Waals surface area contributed by atoms with Gasteiger partial charge in [0, 0.05) is 29.6 Å². The van der Waals surface area contributed by atoms with Crippen molar-refractivity contribution < 1.29 is 13.2 Å². The molecular formula is C28H33F3N4. The van der Waals surface area contributed by atoms with Gasteiger partial charge in [0.2, 0.25) is 0 Å². The lowest BCUT2D eigenvalue weighted by Crippen LogP contribution is -2.34. The van der Waals surface area contributed by atoms with Gasteiger partial charge in [-0.25, -0.2) is 0 Å². The highest BCUT2D eigenvalue weighted by molar-refractivity contribution is 6.02. The molecule has 2 aromatic carbocycles. The molecule has 3 rings (SSSR count). The number of rotatable bonds is 9. The van der Waals surface area contributed by atoms with Crippen molar-refractivity contribution in [3.05, 3.63) is 101 Å². The van der Waals surface area contributed by atoms with E-state index < -0.39 is 11.7 Å². The number of amidine groups is 1. The predicted octanol–water partition coefficient (Wildman–Crippen LogP) is 6.19. The molecular weight excluding hydrogens is 449 g/mol. The summed E-state index contributed by atoms with van der Waals surface area (Å²) >= 11 is 0. The van der Waals surface area contributed by atoms with Crippen LogP contribution in [0.5, 0.6) is 0 Å². The summed E-state index contributed by atoms with van der Waals surface area (Å²) in [5, 5.41) is 6.85. The molecule has 0 aromatic heterocycles. The third kappa shape index (κ3) is 7.50. The number of nitrogens with zero attached hydrogens (tertiary/aromatic N) is 1. The second kappa shape index (κ2) is 12.3. The lowest BCUT2D eigenvalue weighted by atomic mass is 10.0. The van der Waals surface area contributed by atoms with Crippen LogP contribution in [0.4, 0.5) is 13.2 Å². The maximum Gasteiger partial charge on any atom is 0.416 e. The molecule has 1 unspecified atom stereocenters. The Balaban J connectivity index is 1.92. The lowest BCUT2D eigenvalue weighted by molar-refractivity contribution is -0.138. The molecule has 0 amide bonds. The molecule has 0 spiro atoms. The van der Waals surface area contributed by atoms with E-state index in [9.17, 15) is 13.2 Å². The van der Waals surface area contributed by atoms with Gasteiger partial charge in [-0.2, -0.15) is 13.2 Å². The first-order valence-corrected chi connectivity index (χ1v) is 11.9. The summed E-state index contributed by atoms with van der Waals surface area (Å²) in [6.07, 6.45) is 4.01. The van der Waals surface area contributed by atoms with Gasteiger partial charge in [0.1, 0.15) is 5.84 Å². The summed E-state index contributed by atoms with van der Waals surface area (Å²) < 4.78 is 40.5. The molecule has 35 heavy (non-hydrogen) atoms. The van der Waals surface area contributed by atoms with Gasteiger partial charge in [-0.1, -0.05) is 67.6 Å². The fourth-order valence-electron chi connectivity index (χ4n) is 3.86. The highest BCUT2D eigenvalue weighted by Crippen LogP contribution is 2.32. The lowest BCUT2D eigenvalue weighted by Gasteiger charge is -2.21. The largest absolute Gasteiger partial charge is 0.416 e. The highest BCUT2D eigenvalue weighted by atomic mass is 19.4. The van der Waals surface area contributed by atoms with E-state index in [-0.39, 0.29) is 18.2 Å². The van der Waals surface area contributed by atoms with E-state index in [1.54, 1.807) is 6.07 Å². The molecule has 7 heteroatoms. The number of halogens is 3. The number of allylic oxidation sites excluding steroid dienone is 2. The molecule has 0 radical (unpaired) electrons. The molecule has 1 aliphatic carbocycles. The molecule has 1 atom stereocenters. The molecule has 0 bridgehead atoms. The Morgan fingerprint density at radius 1 is 1.11 bits per heavy atom. The average Bonchev–Trinajstić information content (AvgIpc) is 2.85. The van der Waals surface area contributed by atoms with Crippen molar-refractivity contribution in [2.45, 2.75) is 51.9 Å². The van der Waals surface area contributed by atoms with Crippen LogP contribution in [0, 0.1) is 0 Å². The van der Waals surface area contributed by atoms with Crippen molar-refractivity contribution in [1.29, 1.82) is 0 Å². The minimum absolute atomic E-state index is 0.112. The van der Waals surface area contributed by atoms with Crippen LogP contribution in [0.25, 0.3) is 5.70 Å². The Labute approximate surface area is 205 Å². The zero-order valence-electron chi connectivity index (χ0n) is 20.2. The molecule has 2 aromatic rings. The van der Waals surface area contributed by atoms with Crippen molar-refractivity contribution in [3.63, 3.8) is 0 Å². The fraction of sp³-hybridized carbons (Fsp3) is 0.321. The van der Waals surface area contributed by atoms with E-state index in [4.69, 9.17) is 5.73 Å². The first-order valence-electron chi connectivity index (χ1n) is 11.9. The normalized spacial score (nSPS) is 15.8. The number of nitrogens with one attached hydrogen (secondary N) is 2. The van der Waals surface area contributed by atoms with E-state index >= 15 is 0 Å². The SMILES string of the molecule is CCCN/C(=C\C(C)NC(=NCc1ccccc1C(F)(F)F)C1=C(N)CCC=C1)c1ccccc1. The van der Waals surface area contributed by atoms with Gasteiger partial charge in [0.25, 0.3) is 0 Å². The van der Waals surface area contributed by atoms with Gasteiger partial charge in [-0.15, -0.1) is 0 Å². The van der Waals surface area contributed by atoms with Crippen molar-refractivity contribution in [2.75, 3.05) is 6.54 Å². The number of nitrogens with two attached hydrogens (primary N) is 1. The minimum Gasteiger partial charge on any atom is -0.401 e. The van der Waals surface area contributed by atoms with Crippen molar-refractivity contribution >= 4 is 11.5 Å². The number of alkyl halides is 3. The van der Waals surface area contributed by atoms with E-state index in [1.807, 2.05) is 49.4 Å². The molecule has 0 saturated carbocycles. The fourth-order valence-corrected chi connectivity index (χ4v) is 3.86. The van der Waals surface area contributed by atoms with Crippen LogP contribution in [0.15, 0.2) is 89.1 Å². The second-order valence-corrected chi connectivity index (χ2v) is 8.51. The molecule has 0 aliphatic heterocycles. The van der Waals surface area contributed by atoms with Gasteiger partial charge < -0.3 is 16.4 Å². The monoisotopic (exact) mass is 482 g/mol. The molecule has 4 nitrogen and oxygen atoms in total. The first kappa shape index (κ1) is 26.1. The molecule has 0 fully saturated rings. The molecule has 186 valence electrons. The summed E-state index contributed by atoms with van der Waals surface area (Å²) in [7, 11) is 0. The number of benzene rings is 2. The standard InChI is InChI=1S/C28H33F3N4/c1-3-17-33-26(21-11-5-4-6-12-21)18-20(2)35-27(23-14-8-10-16-25(23)32)34-19-22-13-7-9-15-24(22)28(29,30)31/h4-9,11-15,18,20,33H,3,10,16-17,19,32H2,1-2H3,(H,34,35)/b26-18-.